The molecule has 1 amide bonds. The van der Waals surface area contributed by atoms with Crippen molar-refractivity contribution in [2.24, 2.45) is 0 Å². The fourth-order valence-electron chi connectivity index (χ4n) is 3.57. The Kier molecular flexibility index (Phi) is 5.03. The highest BCUT2D eigenvalue weighted by Crippen LogP contribution is 2.22. The van der Waals surface area contributed by atoms with Crippen LogP contribution in [0.5, 0.6) is 5.75 Å². The summed E-state index contributed by atoms with van der Waals surface area (Å²) in [7, 11) is 1.64. The van der Waals surface area contributed by atoms with Crippen molar-refractivity contribution in [1.29, 1.82) is 0 Å². The molecule has 1 aromatic carbocycles. The predicted octanol–water partition coefficient (Wildman–Crippen LogP) is 3.12. The van der Waals surface area contributed by atoms with Crippen LogP contribution in [0.1, 0.15) is 27.6 Å². The molecule has 0 bridgehead atoms. The maximum atomic E-state index is 12.8. The second-order valence-electron chi connectivity index (χ2n) is 6.87. The highest BCUT2D eigenvalue weighted by atomic mass is 16.5. The molecule has 0 unspecified atom stereocenters. The Labute approximate surface area is 169 Å². The van der Waals surface area contributed by atoms with Crippen LogP contribution >= 0.6 is 0 Å². The van der Waals surface area contributed by atoms with Gasteiger partial charge in [-0.05, 0) is 56.3 Å². The van der Waals surface area contributed by atoms with Crippen molar-refractivity contribution in [1.82, 2.24) is 24.5 Å². The van der Waals surface area contributed by atoms with E-state index in [-0.39, 0.29) is 5.91 Å². The molecule has 7 nitrogen and oxygen atoms in total. The normalized spacial score (nSPS) is 11.0. The third-order valence-corrected chi connectivity index (χ3v) is 5.02. The average Bonchev–Trinajstić information content (AvgIpc) is 3.28. The monoisotopic (exact) mass is 389 g/mol. The molecular weight excluding hydrogens is 366 g/mol. The molecule has 29 heavy (non-hydrogen) atoms. The lowest BCUT2D eigenvalue weighted by Crippen LogP contribution is -2.26. The summed E-state index contributed by atoms with van der Waals surface area (Å²) in [6.45, 7) is 4.44. The number of carbonyl (C=O) groups excluding carboxylic acids is 1. The topological polar surface area (TPSA) is 73.4 Å². The van der Waals surface area contributed by atoms with Crippen LogP contribution in [0.15, 0.2) is 54.7 Å². The van der Waals surface area contributed by atoms with Gasteiger partial charge in [0.25, 0.3) is 5.91 Å². The third-order valence-electron chi connectivity index (χ3n) is 5.02. The Morgan fingerprint density at radius 2 is 1.90 bits per heavy atom. The van der Waals surface area contributed by atoms with E-state index in [4.69, 9.17) is 4.74 Å². The second kappa shape index (κ2) is 7.79. The van der Waals surface area contributed by atoms with Crippen LogP contribution in [0.3, 0.4) is 0 Å². The summed E-state index contributed by atoms with van der Waals surface area (Å²) in [6, 6.07) is 15.5. The van der Waals surface area contributed by atoms with E-state index >= 15 is 0 Å². The van der Waals surface area contributed by atoms with E-state index in [1.807, 2.05) is 73.0 Å². The van der Waals surface area contributed by atoms with Crippen LogP contribution in [0, 0.1) is 13.8 Å². The molecule has 4 aromatic rings. The molecule has 0 aliphatic carbocycles. The fourth-order valence-corrected chi connectivity index (χ4v) is 3.57. The Morgan fingerprint density at radius 3 is 2.66 bits per heavy atom. The maximum Gasteiger partial charge on any atom is 0.253 e. The maximum absolute atomic E-state index is 12.8. The number of methoxy groups -OCH3 is 1. The molecule has 0 spiro atoms. The van der Waals surface area contributed by atoms with Gasteiger partial charge < -0.3 is 14.6 Å². The zero-order chi connectivity index (χ0) is 20.4. The van der Waals surface area contributed by atoms with Gasteiger partial charge in [0, 0.05) is 36.2 Å². The summed E-state index contributed by atoms with van der Waals surface area (Å²) in [5.74, 6) is 1.53. The number of pyridine rings is 1. The second-order valence-corrected chi connectivity index (χ2v) is 6.87. The van der Waals surface area contributed by atoms with Crippen LogP contribution in [-0.4, -0.2) is 38.7 Å². The average molecular weight is 389 g/mol. The van der Waals surface area contributed by atoms with Gasteiger partial charge in [0.1, 0.15) is 11.6 Å². The van der Waals surface area contributed by atoms with Gasteiger partial charge >= 0.3 is 0 Å². The number of amides is 1. The summed E-state index contributed by atoms with van der Waals surface area (Å²) in [5, 5.41) is 11.3. The lowest BCUT2D eigenvalue weighted by molar-refractivity contribution is 0.0953. The predicted molar refractivity (Wildman–Crippen MR) is 111 cm³/mol. The van der Waals surface area contributed by atoms with Crippen molar-refractivity contribution in [2.45, 2.75) is 20.3 Å². The van der Waals surface area contributed by atoms with Gasteiger partial charge in [-0.3, -0.25) is 9.20 Å². The minimum atomic E-state index is -0.0910. The molecule has 0 aliphatic rings. The quantitative estimate of drug-likeness (QED) is 0.550. The molecule has 4 rings (SSSR count). The number of hydrogen-bond acceptors (Lipinski definition) is 4. The number of benzene rings is 1. The van der Waals surface area contributed by atoms with Gasteiger partial charge in [-0.25, -0.2) is 0 Å². The highest BCUT2D eigenvalue weighted by Gasteiger charge is 2.17. The molecule has 0 radical (unpaired) electrons. The summed E-state index contributed by atoms with van der Waals surface area (Å²) in [5.41, 5.74) is 4.37. The van der Waals surface area contributed by atoms with Crippen molar-refractivity contribution in [3.63, 3.8) is 0 Å². The largest absolute Gasteiger partial charge is 0.497 e. The van der Waals surface area contributed by atoms with Crippen LogP contribution in [0.25, 0.3) is 11.3 Å². The Balaban J connectivity index is 1.47. The summed E-state index contributed by atoms with van der Waals surface area (Å²) < 4.78 is 9.23. The highest BCUT2D eigenvalue weighted by molar-refractivity contribution is 5.95. The first-order valence-corrected chi connectivity index (χ1v) is 9.48. The van der Waals surface area contributed by atoms with Crippen molar-refractivity contribution in [3.8, 4) is 11.4 Å². The number of carbonyl (C=O) groups is 1. The van der Waals surface area contributed by atoms with E-state index in [0.717, 1.165) is 34.3 Å². The van der Waals surface area contributed by atoms with Gasteiger partial charge in [0.15, 0.2) is 5.65 Å². The van der Waals surface area contributed by atoms with Crippen LogP contribution in [0.4, 0.5) is 0 Å². The van der Waals surface area contributed by atoms with Crippen LogP contribution < -0.4 is 10.1 Å². The number of aromatic nitrogens is 4. The molecule has 0 atom stereocenters. The van der Waals surface area contributed by atoms with Crippen molar-refractivity contribution < 1.29 is 9.53 Å². The van der Waals surface area contributed by atoms with E-state index < -0.39 is 0 Å². The standard InChI is InChI=1S/C22H23N5O2/c1-15-14-19(16(2)27(15)17-7-9-18(29-3)10-8-17)22(28)23-12-11-21-25-24-20-6-4-5-13-26(20)21/h4-10,13-14H,11-12H2,1-3H3,(H,23,28). The van der Waals surface area contributed by atoms with E-state index in [1.54, 1.807) is 7.11 Å². The summed E-state index contributed by atoms with van der Waals surface area (Å²) in [4.78, 5) is 12.8. The number of hydrogen-bond donors (Lipinski definition) is 1. The summed E-state index contributed by atoms with van der Waals surface area (Å²) in [6.07, 6.45) is 2.53. The number of rotatable bonds is 6. The van der Waals surface area contributed by atoms with Crippen molar-refractivity contribution >= 4 is 11.6 Å². The SMILES string of the molecule is COc1ccc(-n2c(C)cc(C(=O)NCCc3nnc4ccccn34)c2C)cc1. The zero-order valence-electron chi connectivity index (χ0n) is 16.7. The number of aryl methyl sites for hydroxylation is 1. The van der Waals surface area contributed by atoms with Crippen LogP contribution in [0.2, 0.25) is 0 Å². The Bertz CT molecular complexity index is 1160. The van der Waals surface area contributed by atoms with Gasteiger partial charge in [0.05, 0.1) is 12.7 Å². The minimum absolute atomic E-state index is 0.0910. The molecule has 148 valence electrons. The molecule has 3 heterocycles. The lowest BCUT2D eigenvalue weighted by Gasteiger charge is -2.11. The van der Waals surface area contributed by atoms with Crippen LogP contribution in [-0.2, 0) is 6.42 Å². The minimum Gasteiger partial charge on any atom is -0.497 e. The van der Waals surface area contributed by atoms with Gasteiger partial charge in [0.2, 0.25) is 0 Å². The number of fused-ring (bicyclic) bond motifs is 1. The van der Waals surface area contributed by atoms with E-state index in [2.05, 4.69) is 20.1 Å². The first-order valence-electron chi connectivity index (χ1n) is 9.48. The van der Waals surface area contributed by atoms with E-state index in [0.29, 0.717) is 18.5 Å². The fraction of sp³-hybridized carbons (Fsp3) is 0.227. The lowest BCUT2D eigenvalue weighted by atomic mass is 10.2. The third kappa shape index (κ3) is 3.59. The van der Waals surface area contributed by atoms with Crippen molar-refractivity contribution in [3.05, 3.63) is 77.5 Å². The summed E-state index contributed by atoms with van der Waals surface area (Å²) >= 11 is 0. The van der Waals surface area contributed by atoms with E-state index in [1.165, 1.54) is 0 Å². The van der Waals surface area contributed by atoms with Gasteiger partial charge in [-0.15, -0.1) is 10.2 Å². The molecule has 1 N–H and O–H groups in total. The molecule has 0 fully saturated rings. The molecule has 0 aliphatic heterocycles. The van der Waals surface area contributed by atoms with Gasteiger partial charge in [-0.2, -0.15) is 0 Å². The van der Waals surface area contributed by atoms with Crippen molar-refractivity contribution in [2.75, 3.05) is 13.7 Å². The number of nitrogens with one attached hydrogen (secondary N) is 1. The Morgan fingerprint density at radius 1 is 1.10 bits per heavy atom. The smallest absolute Gasteiger partial charge is 0.253 e. The molecular formula is C22H23N5O2. The first kappa shape index (κ1) is 18.7. The number of nitrogens with zero attached hydrogens (tertiary/aromatic N) is 4. The molecule has 3 aromatic heterocycles. The van der Waals surface area contributed by atoms with E-state index in [9.17, 15) is 4.79 Å². The molecule has 0 saturated carbocycles. The zero-order valence-corrected chi connectivity index (χ0v) is 16.7. The Hall–Kier alpha value is -3.61. The molecule has 7 heteroatoms. The van der Waals surface area contributed by atoms with Gasteiger partial charge in [-0.1, -0.05) is 6.07 Å². The first-order chi connectivity index (χ1) is 14.1. The number of ether oxygens (including phenoxy) is 1. The molecule has 0 saturated heterocycles.